The van der Waals surface area contributed by atoms with Crippen LogP contribution in [0.4, 0.5) is 5.69 Å². The van der Waals surface area contributed by atoms with Crippen molar-refractivity contribution in [2.75, 3.05) is 38.1 Å². The molecule has 1 atom stereocenters. The third-order valence-corrected chi connectivity index (χ3v) is 2.98. The highest BCUT2D eigenvalue weighted by molar-refractivity contribution is 5.81. The number of pyridine rings is 1. The molecule has 6 nitrogen and oxygen atoms in total. The van der Waals surface area contributed by atoms with Gasteiger partial charge < -0.3 is 20.7 Å². The Bertz CT molecular complexity index is 419. The van der Waals surface area contributed by atoms with Crippen LogP contribution in [-0.2, 0) is 9.53 Å². The van der Waals surface area contributed by atoms with Gasteiger partial charge in [-0.1, -0.05) is 0 Å². The van der Waals surface area contributed by atoms with Crippen molar-refractivity contribution in [2.45, 2.75) is 13.0 Å². The molecule has 2 rings (SSSR count). The number of rotatable bonds is 5. The van der Waals surface area contributed by atoms with Crippen molar-refractivity contribution in [1.29, 1.82) is 0 Å². The first kappa shape index (κ1) is 13.8. The zero-order valence-corrected chi connectivity index (χ0v) is 11.1. The first-order valence-corrected chi connectivity index (χ1v) is 6.52. The predicted octanol–water partition coefficient (Wildman–Crippen LogP) is -0.0935. The van der Waals surface area contributed by atoms with E-state index in [1.165, 1.54) is 0 Å². The second kappa shape index (κ2) is 7.06. The van der Waals surface area contributed by atoms with E-state index in [-0.39, 0.29) is 12.0 Å². The van der Waals surface area contributed by atoms with E-state index >= 15 is 0 Å². The highest BCUT2D eigenvalue weighted by atomic mass is 16.5. The molecule has 1 saturated heterocycles. The third-order valence-electron chi connectivity index (χ3n) is 2.98. The number of carbonyl (C=O) groups is 1. The van der Waals surface area contributed by atoms with Gasteiger partial charge in [-0.15, -0.1) is 0 Å². The Labute approximate surface area is 112 Å². The van der Waals surface area contributed by atoms with Crippen LogP contribution in [0, 0.1) is 6.92 Å². The van der Waals surface area contributed by atoms with Gasteiger partial charge in [0.05, 0.1) is 6.61 Å². The number of carbonyl (C=O) groups excluding carboxylic acids is 1. The highest BCUT2D eigenvalue weighted by Gasteiger charge is 2.20. The van der Waals surface area contributed by atoms with Crippen molar-refractivity contribution in [3.05, 3.63) is 24.0 Å². The third kappa shape index (κ3) is 4.18. The van der Waals surface area contributed by atoms with E-state index in [1.807, 2.05) is 19.2 Å². The first-order valence-electron chi connectivity index (χ1n) is 6.52. The maximum absolute atomic E-state index is 11.8. The topological polar surface area (TPSA) is 75.3 Å². The number of nitrogens with one attached hydrogen (secondary N) is 3. The van der Waals surface area contributed by atoms with Gasteiger partial charge in [-0.2, -0.15) is 0 Å². The molecule has 1 aliphatic rings. The Hall–Kier alpha value is -1.66. The average Bonchev–Trinajstić information content (AvgIpc) is 2.46. The maximum Gasteiger partial charge on any atom is 0.250 e. The van der Waals surface area contributed by atoms with Crippen LogP contribution in [0.2, 0.25) is 0 Å². The van der Waals surface area contributed by atoms with E-state index in [1.54, 1.807) is 6.20 Å². The lowest BCUT2D eigenvalue weighted by Gasteiger charge is -2.22. The van der Waals surface area contributed by atoms with Gasteiger partial charge in [0.15, 0.2) is 0 Å². The number of ether oxygens (including phenoxy) is 1. The van der Waals surface area contributed by atoms with Crippen molar-refractivity contribution in [3.8, 4) is 0 Å². The van der Waals surface area contributed by atoms with Gasteiger partial charge in [-0.3, -0.25) is 9.78 Å². The van der Waals surface area contributed by atoms with Crippen molar-refractivity contribution in [2.24, 2.45) is 0 Å². The van der Waals surface area contributed by atoms with Crippen LogP contribution in [0.15, 0.2) is 18.5 Å². The minimum Gasteiger partial charge on any atom is -0.383 e. The number of nitrogens with zero attached hydrogens (tertiary/aromatic N) is 1. The van der Waals surface area contributed by atoms with Crippen molar-refractivity contribution in [3.63, 3.8) is 0 Å². The molecule has 2 heterocycles. The summed E-state index contributed by atoms with van der Waals surface area (Å²) in [6.07, 6.45) is 3.19. The number of hydrogen-bond donors (Lipinski definition) is 3. The molecule has 3 N–H and O–H groups in total. The zero-order valence-electron chi connectivity index (χ0n) is 11.1. The zero-order chi connectivity index (χ0) is 13.5. The van der Waals surface area contributed by atoms with Crippen molar-refractivity contribution < 1.29 is 9.53 Å². The summed E-state index contributed by atoms with van der Waals surface area (Å²) in [5.41, 5.74) is 2.13. The van der Waals surface area contributed by atoms with E-state index < -0.39 is 0 Å². The number of morpholine rings is 1. The predicted molar refractivity (Wildman–Crippen MR) is 73.1 cm³/mol. The summed E-state index contributed by atoms with van der Waals surface area (Å²) in [6, 6.07) is 1.92. The molecule has 0 spiro atoms. The summed E-state index contributed by atoms with van der Waals surface area (Å²) in [7, 11) is 0. The molecule has 0 radical (unpaired) electrons. The van der Waals surface area contributed by atoms with Crippen molar-refractivity contribution in [1.82, 2.24) is 15.6 Å². The van der Waals surface area contributed by atoms with E-state index in [2.05, 4.69) is 20.9 Å². The Morgan fingerprint density at radius 2 is 2.47 bits per heavy atom. The smallest absolute Gasteiger partial charge is 0.250 e. The molecule has 1 aromatic heterocycles. The molecule has 0 aromatic carbocycles. The average molecular weight is 264 g/mol. The maximum atomic E-state index is 11.8. The lowest BCUT2D eigenvalue weighted by Crippen LogP contribution is -2.48. The van der Waals surface area contributed by atoms with E-state index in [0.717, 1.165) is 17.8 Å². The molecule has 0 bridgehead atoms. The Morgan fingerprint density at radius 3 is 3.21 bits per heavy atom. The van der Waals surface area contributed by atoms with Gasteiger partial charge in [-0.05, 0) is 18.6 Å². The molecule has 1 amide bonds. The second-order valence-corrected chi connectivity index (χ2v) is 4.47. The SMILES string of the molecule is Cc1cnccc1NCCNC(=O)C1CNCCO1. The van der Waals surface area contributed by atoms with Crippen LogP contribution in [0.25, 0.3) is 0 Å². The molecule has 1 unspecified atom stereocenters. The van der Waals surface area contributed by atoms with Crippen LogP contribution in [0.3, 0.4) is 0 Å². The van der Waals surface area contributed by atoms with Crippen LogP contribution in [-0.4, -0.2) is 49.8 Å². The highest BCUT2D eigenvalue weighted by Crippen LogP contribution is 2.10. The lowest BCUT2D eigenvalue weighted by molar-refractivity contribution is -0.134. The van der Waals surface area contributed by atoms with E-state index in [4.69, 9.17) is 4.74 Å². The minimum atomic E-state index is -0.364. The largest absolute Gasteiger partial charge is 0.383 e. The summed E-state index contributed by atoms with van der Waals surface area (Å²) in [5, 5.41) is 9.25. The number of amides is 1. The number of aromatic nitrogens is 1. The monoisotopic (exact) mass is 264 g/mol. The van der Waals surface area contributed by atoms with Gasteiger partial charge in [0, 0.05) is 44.3 Å². The Morgan fingerprint density at radius 1 is 1.58 bits per heavy atom. The van der Waals surface area contributed by atoms with Gasteiger partial charge in [0.25, 0.3) is 5.91 Å². The minimum absolute atomic E-state index is 0.0551. The lowest BCUT2D eigenvalue weighted by atomic mass is 10.2. The molecule has 19 heavy (non-hydrogen) atoms. The van der Waals surface area contributed by atoms with Gasteiger partial charge in [-0.25, -0.2) is 0 Å². The van der Waals surface area contributed by atoms with E-state index in [0.29, 0.717) is 26.2 Å². The van der Waals surface area contributed by atoms with Gasteiger partial charge >= 0.3 is 0 Å². The summed E-state index contributed by atoms with van der Waals surface area (Å²) in [4.78, 5) is 15.8. The molecule has 1 aromatic rings. The van der Waals surface area contributed by atoms with E-state index in [9.17, 15) is 4.79 Å². The van der Waals surface area contributed by atoms with Crippen molar-refractivity contribution >= 4 is 11.6 Å². The van der Waals surface area contributed by atoms with Crippen LogP contribution in [0.5, 0.6) is 0 Å². The fraction of sp³-hybridized carbons (Fsp3) is 0.538. The fourth-order valence-corrected chi connectivity index (χ4v) is 1.90. The van der Waals surface area contributed by atoms with Crippen LogP contribution < -0.4 is 16.0 Å². The summed E-state index contributed by atoms with van der Waals surface area (Å²) < 4.78 is 5.37. The molecular weight excluding hydrogens is 244 g/mol. The van der Waals surface area contributed by atoms with Crippen LogP contribution in [0.1, 0.15) is 5.56 Å². The van der Waals surface area contributed by atoms with Gasteiger partial charge in [0.1, 0.15) is 6.10 Å². The Kier molecular flexibility index (Phi) is 5.11. The summed E-state index contributed by atoms with van der Waals surface area (Å²) in [6.45, 7) is 5.23. The summed E-state index contributed by atoms with van der Waals surface area (Å²) in [5.74, 6) is -0.0551. The molecular formula is C13H20N4O2. The summed E-state index contributed by atoms with van der Waals surface area (Å²) >= 11 is 0. The Balaban J connectivity index is 1.66. The fourth-order valence-electron chi connectivity index (χ4n) is 1.90. The molecule has 0 aliphatic carbocycles. The first-order chi connectivity index (χ1) is 9.27. The molecule has 1 fully saturated rings. The quantitative estimate of drug-likeness (QED) is 0.648. The molecule has 6 heteroatoms. The molecule has 104 valence electrons. The van der Waals surface area contributed by atoms with Gasteiger partial charge in [0.2, 0.25) is 0 Å². The van der Waals surface area contributed by atoms with Crippen LogP contribution >= 0.6 is 0 Å². The molecule has 1 aliphatic heterocycles. The normalized spacial score (nSPS) is 18.9. The number of aryl methyl sites for hydroxylation is 1. The number of hydrogen-bond acceptors (Lipinski definition) is 5. The second-order valence-electron chi connectivity index (χ2n) is 4.47. The number of anilines is 1. The standard InChI is InChI=1S/C13H20N4O2/c1-10-8-14-3-2-11(10)16-4-5-17-13(18)12-9-15-6-7-19-12/h2-3,8,12,15H,4-7,9H2,1H3,(H,14,16)(H,17,18). The molecule has 0 saturated carbocycles.